The highest BCUT2D eigenvalue weighted by molar-refractivity contribution is 5.95. The summed E-state index contributed by atoms with van der Waals surface area (Å²) in [6.45, 7) is 0.703. The molecule has 1 saturated carbocycles. The summed E-state index contributed by atoms with van der Waals surface area (Å²) in [5.41, 5.74) is 1.84. The Morgan fingerprint density at radius 1 is 1.12 bits per heavy atom. The minimum absolute atomic E-state index is 0.0189. The Bertz CT molecular complexity index is 780. The zero-order valence-electron chi connectivity index (χ0n) is 14.0. The van der Waals surface area contributed by atoms with E-state index in [-0.39, 0.29) is 17.9 Å². The topological polar surface area (TPSA) is 84.2 Å². The molecule has 6 nitrogen and oxygen atoms in total. The minimum Gasteiger partial charge on any atom is -0.360 e. The standard InChI is InChI=1S/C19H21N3O3/c23-18(13-4-2-1-3-5-13)21-14-8-9-16-15(10-14)17(22-25-16)19(24)20-11-12-6-7-12/h1-5,12,14H,6-11H2,(H,20,24)(H,21,23). The van der Waals surface area contributed by atoms with Gasteiger partial charge in [-0.25, -0.2) is 0 Å². The molecule has 0 saturated heterocycles. The zero-order valence-corrected chi connectivity index (χ0v) is 14.0. The van der Waals surface area contributed by atoms with Crippen LogP contribution in [0.3, 0.4) is 0 Å². The summed E-state index contributed by atoms with van der Waals surface area (Å²) in [6, 6.07) is 9.13. The third-order valence-corrected chi connectivity index (χ3v) is 4.87. The zero-order chi connectivity index (χ0) is 17.2. The van der Waals surface area contributed by atoms with E-state index in [1.807, 2.05) is 18.2 Å². The average molecular weight is 339 g/mol. The van der Waals surface area contributed by atoms with Gasteiger partial charge in [0, 0.05) is 30.1 Å². The Labute approximate surface area is 146 Å². The Hall–Kier alpha value is -2.63. The smallest absolute Gasteiger partial charge is 0.273 e. The molecule has 1 fully saturated rings. The van der Waals surface area contributed by atoms with E-state index < -0.39 is 0 Å². The van der Waals surface area contributed by atoms with Gasteiger partial charge < -0.3 is 15.2 Å². The van der Waals surface area contributed by atoms with Gasteiger partial charge >= 0.3 is 0 Å². The first-order valence-electron chi connectivity index (χ1n) is 8.82. The van der Waals surface area contributed by atoms with Crippen LogP contribution in [0.15, 0.2) is 34.9 Å². The first kappa shape index (κ1) is 15.9. The minimum atomic E-state index is -0.174. The van der Waals surface area contributed by atoms with Crippen LogP contribution in [0.2, 0.25) is 0 Å². The third kappa shape index (κ3) is 3.57. The van der Waals surface area contributed by atoms with Crippen molar-refractivity contribution >= 4 is 11.8 Å². The summed E-state index contributed by atoms with van der Waals surface area (Å²) in [4.78, 5) is 24.7. The molecule has 1 atom stereocenters. The maximum Gasteiger partial charge on any atom is 0.273 e. The van der Waals surface area contributed by atoms with Gasteiger partial charge in [0.15, 0.2) is 5.69 Å². The normalized spacial score (nSPS) is 19.1. The summed E-state index contributed by atoms with van der Waals surface area (Å²) < 4.78 is 5.35. The van der Waals surface area contributed by atoms with E-state index in [0.29, 0.717) is 36.6 Å². The van der Waals surface area contributed by atoms with Crippen molar-refractivity contribution in [3.05, 3.63) is 52.9 Å². The van der Waals surface area contributed by atoms with Crippen LogP contribution in [0.25, 0.3) is 0 Å². The molecule has 2 aromatic rings. The van der Waals surface area contributed by atoms with Crippen LogP contribution in [-0.4, -0.2) is 29.6 Å². The summed E-state index contributed by atoms with van der Waals surface area (Å²) in [5.74, 6) is 1.11. The second kappa shape index (κ2) is 6.70. The molecule has 25 heavy (non-hydrogen) atoms. The molecule has 1 aromatic heterocycles. The molecule has 2 amide bonds. The number of rotatable bonds is 5. The van der Waals surface area contributed by atoms with Crippen LogP contribution in [0.1, 0.15) is 51.4 Å². The SMILES string of the molecule is O=C(NC1CCc2onc(C(=O)NCC3CC3)c2C1)c1ccccc1. The highest BCUT2D eigenvalue weighted by Gasteiger charge is 2.30. The molecule has 130 valence electrons. The van der Waals surface area contributed by atoms with Crippen LogP contribution in [0, 0.1) is 5.92 Å². The highest BCUT2D eigenvalue weighted by Crippen LogP contribution is 2.28. The molecule has 2 aliphatic rings. The Morgan fingerprint density at radius 3 is 2.68 bits per heavy atom. The number of nitrogens with zero attached hydrogens (tertiary/aromatic N) is 1. The van der Waals surface area contributed by atoms with E-state index in [1.54, 1.807) is 12.1 Å². The van der Waals surface area contributed by atoms with E-state index in [9.17, 15) is 9.59 Å². The number of aryl methyl sites for hydroxylation is 1. The highest BCUT2D eigenvalue weighted by atomic mass is 16.5. The Balaban J connectivity index is 1.42. The predicted molar refractivity (Wildman–Crippen MR) is 91.3 cm³/mol. The second-order valence-electron chi connectivity index (χ2n) is 6.87. The van der Waals surface area contributed by atoms with Crippen LogP contribution in [0.4, 0.5) is 0 Å². The molecule has 0 radical (unpaired) electrons. The number of fused-ring (bicyclic) bond motifs is 1. The van der Waals surface area contributed by atoms with Gasteiger partial charge in [-0.05, 0) is 43.7 Å². The third-order valence-electron chi connectivity index (χ3n) is 4.87. The fourth-order valence-corrected chi connectivity index (χ4v) is 3.21. The van der Waals surface area contributed by atoms with E-state index in [0.717, 1.165) is 17.7 Å². The first-order chi connectivity index (χ1) is 12.2. The quantitative estimate of drug-likeness (QED) is 0.874. The molecule has 6 heteroatoms. The lowest BCUT2D eigenvalue weighted by Gasteiger charge is -2.22. The van der Waals surface area contributed by atoms with E-state index in [1.165, 1.54) is 12.8 Å². The number of aromatic nitrogens is 1. The van der Waals surface area contributed by atoms with Gasteiger partial charge in [0.1, 0.15) is 5.76 Å². The molecule has 2 N–H and O–H groups in total. The van der Waals surface area contributed by atoms with E-state index in [2.05, 4.69) is 15.8 Å². The lowest BCUT2D eigenvalue weighted by molar-refractivity contribution is 0.0931. The van der Waals surface area contributed by atoms with Crippen molar-refractivity contribution in [3.63, 3.8) is 0 Å². The van der Waals surface area contributed by atoms with Crippen molar-refractivity contribution in [2.45, 2.75) is 38.1 Å². The lowest BCUT2D eigenvalue weighted by Crippen LogP contribution is -2.39. The van der Waals surface area contributed by atoms with Gasteiger partial charge in [-0.1, -0.05) is 23.4 Å². The first-order valence-corrected chi connectivity index (χ1v) is 8.82. The van der Waals surface area contributed by atoms with Crippen LogP contribution in [-0.2, 0) is 12.8 Å². The number of carbonyl (C=O) groups is 2. The monoisotopic (exact) mass is 339 g/mol. The van der Waals surface area contributed by atoms with Gasteiger partial charge in [-0.3, -0.25) is 9.59 Å². The molecule has 1 heterocycles. The number of hydrogen-bond acceptors (Lipinski definition) is 4. The molecule has 4 rings (SSSR count). The maximum absolute atomic E-state index is 12.3. The summed E-state index contributed by atoms with van der Waals surface area (Å²) in [7, 11) is 0. The number of amides is 2. The van der Waals surface area contributed by atoms with Crippen LogP contribution < -0.4 is 10.6 Å². The van der Waals surface area contributed by atoms with Crippen molar-refractivity contribution in [2.24, 2.45) is 5.92 Å². The van der Waals surface area contributed by atoms with Crippen LogP contribution in [0.5, 0.6) is 0 Å². The maximum atomic E-state index is 12.3. The van der Waals surface area contributed by atoms with Gasteiger partial charge in [-0.15, -0.1) is 0 Å². The number of benzene rings is 1. The second-order valence-corrected chi connectivity index (χ2v) is 6.87. The molecule has 1 unspecified atom stereocenters. The largest absolute Gasteiger partial charge is 0.360 e. The lowest BCUT2D eigenvalue weighted by atomic mass is 9.91. The van der Waals surface area contributed by atoms with Gasteiger partial charge in [0.05, 0.1) is 0 Å². The van der Waals surface area contributed by atoms with Crippen molar-refractivity contribution in [2.75, 3.05) is 6.54 Å². The van der Waals surface area contributed by atoms with Crippen molar-refractivity contribution < 1.29 is 14.1 Å². The fraction of sp³-hybridized carbons (Fsp3) is 0.421. The van der Waals surface area contributed by atoms with Gasteiger partial charge in [0.25, 0.3) is 11.8 Å². The molecule has 0 bridgehead atoms. The van der Waals surface area contributed by atoms with Crippen molar-refractivity contribution in [3.8, 4) is 0 Å². The molecule has 1 aromatic carbocycles. The Kier molecular flexibility index (Phi) is 4.26. The van der Waals surface area contributed by atoms with Crippen molar-refractivity contribution in [1.82, 2.24) is 15.8 Å². The molecule has 0 spiro atoms. The number of nitrogens with one attached hydrogen (secondary N) is 2. The average Bonchev–Trinajstić information content (AvgIpc) is 3.38. The van der Waals surface area contributed by atoms with Gasteiger partial charge in [-0.2, -0.15) is 0 Å². The summed E-state index contributed by atoms with van der Waals surface area (Å²) >= 11 is 0. The molecule has 0 aliphatic heterocycles. The van der Waals surface area contributed by atoms with Crippen LogP contribution >= 0.6 is 0 Å². The molecular weight excluding hydrogens is 318 g/mol. The van der Waals surface area contributed by atoms with Crippen molar-refractivity contribution in [1.29, 1.82) is 0 Å². The van der Waals surface area contributed by atoms with E-state index in [4.69, 9.17) is 4.52 Å². The fourth-order valence-electron chi connectivity index (χ4n) is 3.21. The number of carbonyl (C=O) groups excluding carboxylic acids is 2. The Morgan fingerprint density at radius 2 is 1.92 bits per heavy atom. The molecular formula is C19H21N3O3. The summed E-state index contributed by atoms with van der Waals surface area (Å²) in [5, 5.41) is 9.95. The van der Waals surface area contributed by atoms with E-state index >= 15 is 0 Å². The number of hydrogen-bond donors (Lipinski definition) is 2. The predicted octanol–water partition coefficient (Wildman–Crippen LogP) is 2.10. The molecule has 2 aliphatic carbocycles. The van der Waals surface area contributed by atoms with Gasteiger partial charge in [0.2, 0.25) is 0 Å². The summed E-state index contributed by atoms with van der Waals surface area (Å²) in [6.07, 6.45) is 4.40.